The first kappa shape index (κ1) is 27.9. The number of nitrogens with zero attached hydrogens (tertiary/aromatic N) is 2. The van der Waals surface area contributed by atoms with Crippen LogP contribution >= 0.6 is 11.6 Å². The van der Waals surface area contributed by atoms with Crippen LogP contribution < -0.4 is 14.4 Å². The Morgan fingerprint density at radius 1 is 0.921 bits per heavy atom. The predicted molar refractivity (Wildman–Crippen MR) is 147 cm³/mol. The standard InChI is InChI=1S/C26H28ClN3O6S2/c1-36-25-15-10-20(27)18-24(25)30(38(34,35)22-8-4-2-5-9-22)19-26(31)28-21-11-13-23(14-12-21)37(32,33)29-16-6-3-7-17-29/h2,4-5,8-15,18H,3,6-7,16-17,19H2,1H3,(H,28,31). The average molecular weight is 578 g/mol. The molecule has 1 aliphatic rings. The summed E-state index contributed by atoms with van der Waals surface area (Å²) in [6.07, 6.45) is 2.66. The number of hydrogen-bond donors (Lipinski definition) is 1. The number of piperidine rings is 1. The van der Waals surface area contributed by atoms with Crippen molar-refractivity contribution in [2.24, 2.45) is 0 Å². The largest absolute Gasteiger partial charge is 0.495 e. The smallest absolute Gasteiger partial charge is 0.264 e. The molecule has 202 valence electrons. The molecular formula is C26H28ClN3O6S2. The van der Waals surface area contributed by atoms with Gasteiger partial charge in [0.2, 0.25) is 15.9 Å². The molecule has 0 bridgehead atoms. The van der Waals surface area contributed by atoms with E-state index in [0.29, 0.717) is 18.8 Å². The van der Waals surface area contributed by atoms with E-state index in [4.69, 9.17) is 16.3 Å². The van der Waals surface area contributed by atoms with Crippen molar-refractivity contribution >= 4 is 48.9 Å². The average Bonchev–Trinajstić information content (AvgIpc) is 2.93. The lowest BCUT2D eigenvalue weighted by Gasteiger charge is -2.26. The van der Waals surface area contributed by atoms with Crippen LogP contribution in [0.4, 0.5) is 11.4 Å². The second-order valence-electron chi connectivity index (χ2n) is 8.68. The third kappa shape index (κ3) is 6.12. The molecule has 0 radical (unpaired) electrons. The van der Waals surface area contributed by atoms with Gasteiger partial charge in [0.15, 0.2) is 0 Å². The molecule has 0 aliphatic carbocycles. The SMILES string of the molecule is COc1ccc(Cl)cc1N(CC(=O)Nc1ccc(S(=O)(=O)N2CCCCC2)cc1)S(=O)(=O)c1ccccc1. The second kappa shape index (κ2) is 11.7. The van der Waals surface area contributed by atoms with Gasteiger partial charge in [-0.1, -0.05) is 36.2 Å². The van der Waals surface area contributed by atoms with Crippen molar-refractivity contribution in [1.82, 2.24) is 4.31 Å². The molecular weight excluding hydrogens is 550 g/mol. The minimum Gasteiger partial charge on any atom is -0.495 e. The summed E-state index contributed by atoms with van der Waals surface area (Å²) < 4.78 is 60.7. The molecule has 4 rings (SSSR count). The van der Waals surface area contributed by atoms with Gasteiger partial charge in [0, 0.05) is 23.8 Å². The topological polar surface area (TPSA) is 113 Å². The van der Waals surface area contributed by atoms with Crippen molar-refractivity contribution in [2.45, 2.75) is 29.1 Å². The number of ether oxygens (including phenoxy) is 1. The van der Waals surface area contributed by atoms with Crippen molar-refractivity contribution < 1.29 is 26.4 Å². The van der Waals surface area contributed by atoms with Crippen LogP contribution in [-0.2, 0) is 24.8 Å². The molecule has 38 heavy (non-hydrogen) atoms. The van der Waals surface area contributed by atoms with Gasteiger partial charge < -0.3 is 10.1 Å². The number of benzene rings is 3. The van der Waals surface area contributed by atoms with Gasteiger partial charge in [-0.2, -0.15) is 4.31 Å². The number of carbonyl (C=O) groups is 1. The van der Waals surface area contributed by atoms with E-state index < -0.39 is 32.5 Å². The maximum Gasteiger partial charge on any atom is 0.264 e. The number of anilines is 2. The van der Waals surface area contributed by atoms with E-state index in [9.17, 15) is 21.6 Å². The molecule has 1 saturated heterocycles. The molecule has 0 aromatic heterocycles. The van der Waals surface area contributed by atoms with Gasteiger partial charge >= 0.3 is 0 Å². The van der Waals surface area contributed by atoms with Crippen LogP contribution in [0.15, 0.2) is 82.6 Å². The van der Waals surface area contributed by atoms with Crippen molar-refractivity contribution in [3.05, 3.63) is 77.8 Å². The fraction of sp³-hybridized carbons (Fsp3) is 0.269. The number of methoxy groups -OCH3 is 1. The van der Waals surface area contributed by atoms with E-state index in [-0.39, 0.29) is 26.3 Å². The number of hydrogen-bond acceptors (Lipinski definition) is 6. The van der Waals surface area contributed by atoms with Crippen LogP contribution in [-0.4, -0.2) is 53.8 Å². The molecule has 0 saturated carbocycles. The third-order valence-corrected chi connectivity index (χ3v) is 10.0. The van der Waals surface area contributed by atoms with Crippen molar-refractivity contribution in [2.75, 3.05) is 36.4 Å². The number of sulfonamides is 2. The number of halogens is 1. The Bertz CT molecular complexity index is 1490. The number of amides is 1. The highest BCUT2D eigenvalue weighted by molar-refractivity contribution is 7.93. The van der Waals surface area contributed by atoms with E-state index in [2.05, 4.69) is 5.32 Å². The van der Waals surface area contributed by atoms with Gasteiger partial charge in [-0.3, -0.25) is 9.10 Å². The Kier molecular flexibility index (Phi) is 8.61. The summed E-state index contributed by atoms with van der Waals surface area (Å²) in [6.45, 7) is 0.390. The van der Waals surface area contributed by atoms with Gasteiger partial charge in [-0.05, 0) is 67.4 Å². The molecule has 12 heteroatoms. The first-order valence-electron chi connectivity index (χ1n) is 11.9. The van der Waals surface area contributed by atoms with Crippen LogP contribution in [0.3, 0.4) is 0 Å². The van der Waals surface area contributed by atoms with Gasteiger partial charge in [-0.25, -0.2) is 16.8 Å². The predicted octanol–water partition coefficient (Wildman–Crippen LogP) is 4.36. The first-order chi connectivity index (χ1) is 18.1. The fourth-order valence-electron chi connectivity index (χ4n) is 4.17. The fourth-order valence-corrected chi connectivity index (χ4v) is 7.30. The van der Waals surface area contributed by atoms with E-state index in [1.54, 1.807) is 24.3 Å². The zero-order valence-corrected chi connectivity index (χ0v) is 23.1. The van der Waals surface area contributed by atoms with Crippen LogP contribution in [0.1, 0.15) is 19.3 Å². The van der Waals surface area contributed by atoms with Crippen LogP contribution in [0, 0.1) is 0 Å². The molecule has 3 aromatic carbocycles. The van der Waals surface area contributed by atoms with Crippen LogP contribution in [0.25, 0.3) is 0 Å². The molecule has 0 atom stereocenters. The molecule has 1 amide bonds. The molecule has 1 fully saturated rings. The highest BCUT2D eigenvalue weighted by Gasteiger charge is 2.30. The Morgan fingerprint density at radius 2 is 1.58 bits per heavy atom. The van der Waals surface area contributed by atoms with Crippen LogP contribution in [0.2, 0.25) is 5.02 Å². The molecule has 1 heterocycles. The van der Waals surface area contributed by atoms with Gasteiger partial charge in [0.1, 0.15) is 12.3 Å². The maximum atomic E-state index is 13.6. The number of carbonyl (C=O) groups excluding carboxylic acids is 1. The molecule has 1 aliphatic heterocycles. The summed E-state index contributed by atoms with van der Waals surface area (Å²) in [4.78, 5) is 13.2. The lowest BCUT2D eigenvalue weighted by Crippen LogP contribution is -2.38. The molecule has 0 spiro atoms. The minimum atomic E-state index is -4.18. The van der Waals surface area contributed by atoms with E-state index >= 15 is 0 Å². The molecule has 9 nitrogen and oxygen atoms in total. The van der Waals surface area contributed by atoms with Gasteiger partial charge in [0.05, 0.1) is 22.6 Å². The summed E-state index contributed by atoms with van der Waals surface area (Å²) in [5, 5.41) is 2.91. The quantitative estimate of drug-likeness (QED) is 0.404. The summed E-state index contributed by atoms with van der Waals surface area (Å²) in [6, 6.07) is 18.0. The highest BCUT2D eigenvalue weighted by Crippen LogP contribution is 2.35. The molecule has 0 unspecified atom stereocenters. The monoisotopic (exact) mass is 577 g/mol. The summed E-state index contributed by atoms with van der Waals surface area (Å²) in [5.74, 6) is -0.424. The Morgan fingerprint density at radius 3 is 2.21 bits per heavy atom. The summed E-state index contributed by atoms with van der Waals surface area (Å²) in [7, 11) is -6.41. The Hall–Kier alpha value is -3.12. The van der Waals surface area contributed by atoms with Crippen molar-refractivity contribution in [1.29, 1.82) is 0 Å². The van der Waals surface area contributed by atoms with Gasteiger partial charge in [-0.15, -0.1) is 0 Å². The molecule has 1 N–H and O–H groups in total. The molecule has 3 aromatic rings. The normalized spacial score (nSPS) is 14.6. The summed E-state index contributed by atoms with van der Waals surface area (Å²) >= 11 is 6.16. The van der Waals surface area contributed by atoms with Crippen LogP contribution in [0.5, 0.6) is 5.75 Å². The Balaban J connectivity index is 1.58. The Labute approximate surface area is 228 Å². The number of rotatable bonds is 9. The zero-order valence-electron chi connectivity index (χ0n) is 20.7. The van der Waals surface area contributed by atoms with Gasteiger partial charge in [0.25, 0.3) is 10.0 Å². The lowest BCUT2D eigenvalue weighted by molar-refractivity contribution is -0.114. The second-order valence-corrected chi connectivity index (χ2v) is 12.9. The zero-order chi connectivity index (χ0) is 27.3. The van der Waals surface area contributed by atoms with E-state index in [0.717, 1.165) is 23.6 Å². The summed E-state index contributed by atoms with van der Waals surface area (Å²) in [5.41, 5.74) is 0.421. The number of nitrogens with one attached hydrogen (secondary N) is 1. The lowest BCUT2D eigenvalue weighted by atomic mass is 10.2. The minimum absolute atomic E-state index is 0.0119. The third-order valence-electron chi connectivity index (χ3n) is 6.12. The van der Waals surface area contributed by atoms with E-state index in [1.807, 2.05) is 0 Å². The van der Waals surface area contributed by atoms with E-state index in [1.165, 1.54) is 59.9 Å². The maximum absolute atomic E-state index is 13.6. The first-order valence-corrected chi connectivity index (χ1v) is 15.2. The highest BCUT2D eigenvalue weighted by atomic mass is 35.5. The van der Waals surface area contributed by atoms with Crippen molar-refractivity contribution in [3.63, 3.8) is 0 Å². The van der Waals surface area contributed by atoms with Crippen molar-refractivity contribution in [3.8, 4) is 5.75 Å².